The molecule has 1 aliphatic rings. The van der Waals surface area contributed by atoms with Crippen LogP contribution >= 0.6 is 0 Å². The highest BCUT2D eigenvalue weighted by Crippen LogP contribution is 2.05. The lowest BCUT2D eigenvalue weighted by Gasteiger charge is -2.11. The van der Waals surface area contributed by atoms with Crippen molar-refractivity contribution in [3.8, 4) is 6.07 Å². The number of rotatable bonds is 0. The number of hydrogen-bond donors (Lipinski definition) is 0. The van der Waals surface area contributed by atoms with Gasteiger partial charge in [0.2, 0.25) is 0 Å². The van der Waals surface area contributed by atoms with Crippen LogP contribution in [-0.4, -0.2) is 21.1 Å². The third-order valence-electron chi connectivity index (χ3n) is 1.11. The first-order chi connectivity index (χ1) is 4.75. The van der Waals surface area contributed by atoms with Crippen LogP contribution in [0.2, 0.25) is 0 Å². The van der Waals surface area contributed by atoms with Crippen molar-refractivity contribution in [2.24, 2.45) is 5.16 Å². The maximum atomic E-state index is 11.0. The maximum absolute atomic E-state index is 11.0. The molecule has 0 N–H and O–H groups in total. The molecule has 0 bridgehead atoms. The molecule has 0 radical (unpaired) electrons. The third kappa shape index (κ3) is 1.16. The highest BCUT2D eigenvalue weighted by Gasteiger charge is 2.23. The van der Waals surface area contributed by atoms with E-state index in [0.717, 1.165) is 0 Å². The fourth-order valence-electron chi connectivity index (χ4n) is 0.585. The number of nitrogens with zero attached hydrogens (tertiary/aromatic N) is 2. The second kappa shape index (κ2) is 2.80. The summed E-state index contributed by atoms with van der Waals surface area (Å²) in [7, 11) is -1.26. The third-order valence-corrected chi connectivity index (χ3v) is 2.53. The van der Waals surface area contributed by atoms with Crippen molar-refractivity contribution in [1.82, 2.24) is 0 Å². The molecule has 1 heterocycles. The smallest absolute Gasteiger partial charge is 0.164 e. The summed E-state index contributed by atoms with van der Waals surface area (Å²) in [6.07, 6.45) is 0. The summed E-state index contributed by atoms with van der Waals surface area (Å²) in [5, 5.41) is 11.7. The molecule has 0 aromatic rings. The molecule has 1 aliphatic heterocycles. The van der Waals surface area contributed by atoms with Crippen molar-refractivity contribution < 1.29 is 9.05 Å². The van der Waals surface area contributed by atoms with Gasteiger partial charge in [-0.15, -0.1) is 0 Å². The first-order valence-electron chi connectivity index (χ1n) is 2.72. The second-order valence-electron chi connectivity index (χ2n) is 1.82. The monoisotopic (exact) mass is 158 g/mol. The maximum Gasteiger partial charge on any atom is 0.164 e. The lowest BCUT2D eigenvalue weighted by molar-refractivity contribution is 0.150. The Hall–Kier alpha value is -0.890. The minimum absolute atomic E-state index is 0.139. The van der Waals surface area contributed by atoms with Crippen LogP contribution in [0.15, 0.2) is 5.16 Å². The van der Waals surface area contributed by atoms with Gasteiger partial charge in [-0.3, -0.25) is 4.21 Å². The van der Waals surface area contributed by atoms with E-state index >= 15 is 0 Å². The minimum atomic E-state index is -1.26. The Labute approximate surface area is 60.9 Å². The topological polar surface area (TPSA) is 62.4 Å². The standard InChI is InChI=1S/C5H6N2O2S/c1-4-7-9-3-5(2-6)10(4)8/h5H,3H2,1H3. The molecule has 1 rings (SSSR count). The Morgan fingerprint density at radius 1 is 2.00 bits per heavy atom. The van der Waals surface area contributed by atoms with Gasteiger partial charge in [-0.05, 0) is 6.92 Å². The van der Waals surface area contributed by atoms with Gasteiger partial charge in [-0.25, -0.2) is 0 Å². The van der Waals surface area contributed by atoms with Crippen molar-refractivity contribution in [3.05, 3.63) is 0 Å². The Morgan fingerprint density at radius 2 is 2.70 bits per heavy atom. The number of nitriles is 1. The van der Waals surface area contributed by atoms with E-state index in [1.54, 1.807) is 6.92 Å². The van der Waals surface area contributed by atoms with Gasteiger partial charge in [0, 0.05) is 0 Å². The molecule has 0 fully saturated rings. The molecule has 2 atom stereocenters. The van der Waals surface area contributed by atoms with Crippen LogP contribution < -0.4 is 0 Å². The summed E-state index contributed by atoms with van der Waals surface area (Å²) >= 11 is 0. The predicted molar refractivity (Wildman–Crippen MR) is 36.6 cm³/mol. The average Bonchev–Trinajstić information content (AvgIpc) is 1.95. The molecule has 5 heteroatoms. The largest absolute Gasteiger partial charge is 0.393 e. The zero-order valence-electron chi connectivity index (χ0n) is 5.40. The summed E-state index contributed by atoms with van der Waals surface area (Å²) in [6.45, 7) is 1.72. The molecular weight excluding hydrogens is 152 g/mol. The molecular formula is C5H6N2O2S. The zero-order valence-corrected chi connectivity index (χ0v) is 6.22. The van der Waals surface area contributed by atoms with E-state index in [1.165, 1.54) is 0 Å². The van der Waals surface area contributed by atoms with E-state index in [2.05, 4.69) is 9.99 Å². The van der Waals surface area contributed by atoms with E-state index in [-0.39, 0.29) is 6.61 Å². The number of oxime groups is 1. The van der Waals surface area contributed by atoms with Gasteiger partial charge >= 0.3 is 0 Å². The lowest BCUT2D eigenvalue weighted by atomic mass is 10.5. The Bertz CT molecular complexity index is 230. The molecule has 10 heavy (non-hydrogen) atoms. The van der Waals surface area contributed by atoms with Gasteiger partial charge in [0.25, 0.3) is 0 Å². The van der Waals surface area contributed by atoms with Gasteiger partial charge in [0.1, 0.15) is 11.7 Å². The van der Waals surface area contributed by atoms with Crippen LogP contribution in [0.25, 0.3) is 0 Å². The van der Waals surface area contributed by atoms with Gasteiger partial charge in [0.15, 0.2) is 5.25 Å². The number of hydrogen-bond acceptors (Lipinski definition) is 4. The second-order valence-corrected chi connectivity index (χ2v) is 3.58. The first-order valence-corrected chi connectivity index (χ1v) is 3.93. The summed E-state index contributed by atoms with van der Waals surface area (Å²) in [5.74, 6) is 0. The normalized spacial score (nSPS) is 31.8. The molecule has 0 amide bonds. The van der Waals surface area contributed by atoms with E-state index in [4.69, 9.17) is 5.26 Å². The molecule has 0 aliphatic carbocycles. The highest BCUT2D eigenvalue weighted by molar-refractivity contribution is 8.01. The van der Waals surface area contributed by atoms with Crippen LogP contribution in [0.3, 0.4) is 0 Å². The van der Waals surface area contributed by atoms with Crippen molar-refractivity contribution in [1.29, 1.82) is 5.26 Å². The van der Waals surface area contributed by atoms with Crippen molar-refractivity contribution in [3.63, 3.8) is 0 Å². The van der Waals surface area contributed by atoms with E-state index in [1.807, 2.05) is 6.07 Å². The van der Waals surface area contributed by atoms with Gasteiger partial charge in [-0.2, -0.15) is 5.26 Å². The van der Waals surface area contributed by atoms with Gasteiger partial charge < -0.3 is 4.84 Å². The van der Waals surface area contributed by atoms with Crippen LogP contribution in [0.5, 0.6) is 0 Å². The average molecular weight is 158 g/mol. The first kappa shape index (κ1) is 7.22. The van der Waals surface area contributed by atoms with Crippen LogP contribution in [-0.2, 0) is 15.6 Å². The molecule has 0 aromatic heterocycles. The van der Waals surface area contributed by atoms with Gasteiger partial charge in [0.05, 0.1) is 16.9 Å². The molecule has 0 aromatic carbocycles. The van der Waals surface area contributed by atoms with Crippen molar-refractivity contribution >= 4 is 15.8 Å². The van der Waals surface area contributed by atoms with Crippen molar-refractivity contribution in [2.45, 2.75) is 12.2 Å². The Balaban J connectivity index is 2.80. The van der Waals surface area contributed by atoms with Crippen molar-refractivity contribution in [2.75, 3.05) is 6.61 Å². The SMILES string of the molecule is CC1=NOCC(C#N)S1=O. The fourth-order valence-corrected chi connectivity index (χ4v) is 1.40. The van der Waals surface area contributed by atoms with Crippen LogP contribution in [0.1, 0.15) is 6.92 Å². The predicted octanol–water partition coefficient (Wildman–Crippen LogP) is -0.00912. The lowest BCUT2D eigenvalue weighted by Crippen LogP contribution is -2.27. The molecule has 54 valence electrons. The molecule has 0 saturated heterocycles. The zero-order chi connectivity index (χ0) is 7.56. The van der Waals surface area contributed by atoms with Crippen LogP contribution in [0, 0.1) is 11.3 Å². The molecule has 0 spiro atoms. The molecule has 2 unspecified atom stereocenters. The Kier molecular flexibility index (Phi) is 2.02. The fraction of sp³-hybridized carbons (Fsp3) is 0.600. The minimum Gasteiger partial charge on any atom is -0.393 e. The van der Waals surface area contributed by atoms with E-state index in [0.29, 0.717) is 5.04 Å². The summed E-state index contributed by atoms with van der Waals surface area (Å²) in [5.41, 5.74) is 0. The molecule has 0 saturated carbocycles. The van der Waals surface area contributed by atoms with E-state index < -0.39 is 16.0 Å². The highest BCUT2D eigenvalue weighted by atomic mass is 32.2. The summed E-state index contributed by atoms with van der Waals surface area (Å²) < 4.78 is 11.0. The van der Waals surface area contributed by atoms with E-state index in [9.17, 15) is 4.21 Å². The molecule has 4 nitrogen and oxygen atoms in total. The summed E-state index contributed by atoms with van der Waals surface area (Å²) in [6, 6.07) is 1.88. The van der Waals surface area contributed by atoms with Crippen LogP contribution in [0.4, 0.5) is 0 Å². The Morgan fingerprint density at radius 3 is 3.20 bits per heavy atom. The quantitative estimate of drug-likeness (QED) is 0.498. The summed E-state index contributed by atoms with van der Waals surface area (Å²) in [4.78, 5) is 4.63. The van der Waals surface area contributed by atoms with Gasteiger partial charge in [-0.1, -0.05) is 5.16 Å².